The fourth-order valence-electron chi connectivity index (χ4n) is 0.608. The summed E-state index contributed by atoms with van der Waals surface area (Å²) >= 11 is 0. The molecule has 0 amide bonds. The normalized spacial score (nSPS) is 13.8. The van der Waals surface area contributed by atoms with Gasteiger partial charge in [-0.25, -0.2) is 0 Å². The van der Waals surface area contributed by atoms with E-state index in [-0.39, 0.29) is 0 Å². The maximum absolute atomic E-state index is 8.16. The van der Waals surface area contributed by atoms with E-state index in [9.17, 15) is 0 Å². The molecule has 0 N–H and O–H groups in total. The molecule has 0 aliphatic carbocycles. The van der Waals surface area contributed by atoms with Crippen molar-refractivity contribution in [1.82, 2.24) is 0 Å². The number of azide groups is 1. The van der Waals surface area contributed by atoms with Gasteiger partial charge in [0.05, 0.1) is 0 Å². The van der Waals surface area contributed by atoms with Crippen molar-refractivity contribution in [3.05, 3.63) is 20.9 Å². The van der Waals surface area contributed by atoms with Crippen molar-refractivity contribution in [3.8, 4) is 0 Å². The van der Waals surface area contributed by atoms with Crippen LogP contribution < -0.4 is 0 Å². The molecule has 0 rings (SSSR count). The van der Waals surface area contributed by atoms with E-state index in [1.54, 1.807) is 6.92 Å². The summed E-state index contributed by atoms with van der Waals surface area (Å²) in [6.45, 7) is 1.93. The Bertz CT molecular complexity index is 208. The monoisotopic (exact) mass is 170 g/mol. The van der Waals surface area contributed by atoms with Gasteiger partial charge in [-0.3, -0.25) is 0 Å². The third kappa shape index (κ3) is 3.68. The predicted molar refractivity (Wildman–Crippen MR) is 43.2 cm³/mol. The molecule has 0 spiro atoms. The Labute approximate surface area is 69.6 Å². The quantitative estimate of drug-likeness (QED) is 0.352. The summed E-state index contributed by atoms with van der Waals surface area (Å²) in [6.07, 6.45) is 0.373. The van der Waals surface area contributed by atoms with E-state index in [1.165, 1.54) is 7.11 Å². The van der Waals surface area contributed by atoms with E-state index in [0.717, 1.165) is 0 Å². The maximum Gasteiger partial charge on any atom is 0.126 e. The SMILES string of the molecule is COCCC(C)(N=[N+]=[N-])N=[N+]=[N-]. The van der Waals surface area contributed by atoms with Crippen molar-refractivity contribution in [2.24, 2.45) is 10.2 Å². The van der Waals surface area contributed by atoms with E-state index in [2.05, 4.69) is 20.1 Å². The van der Waals surface area contributed by atoms with Crippen molar-refractivity contribution < 1.29 is 4.74 Å². The van der Waals surface area contributed by atoms with Crippen molar-refractivity contribution in [2.45, 2.75) is 19.0 Å². The van der Waals surface area contributed by atoms with Gasteiger partial charge in [-0.1, -0.05) is 10.2 Å². The molecule has 0 aliphatic heterocycles. The van der Waals surface area contributed by atoms with Crippen LogP contribution in [0.3, 0.4) is 0 Å². The van der Waals surface area contributed by atoms with Crippen LogP contribution in [0.25, 0.3) is 20.9 Å². The first-order valence-electron chi connectivity index (χ1n) is 3.30. The standard InChI is InChI=1S/C5H10N6O/c1-5(8-10-6,9-11-7)3-4-12-2/h3-4H2,1-2H3. The summed E-state index contributed by atoms with van der Waals surface area (Å²) in [5.74, 6) is 0. The zero-order chi connectivity index (χ0) is 9.45. The molecule has 0 saturated heterocycles. The van der Waals surface area contributed by atoms with Gasteiger partial charge in [0, 0.05) is 23.5 Å². The largest absolute Gasteiger partial charge is 0.385 e. The molecule has 0 unspecified atom stereocenters. The zero-order valence-electron chi connectivity index (χ0n) is 7.01. The second kappa shape index (κ2) is 5.26. The van der Waals surface area contributed by atoms with Crippen molar-refractivity contribution in [1.29, 1.82) is 0 Å². The molecule has 0 aliphatic rings. The Morgan fingerprint density at radius 3 is 2.17 bits per heavy atom. The number of hydrogen-bond acceptors (Lipinski definition) is 3. The molecule has 0 radical (unpaired) electrons. The Kier molecular flexibility index (Phi) is 4.64. The molecule has 7 heteroatoms. The topological polar surface area (TPSA) is 107 Å². The minimum absolute atomic E-state index is 0.373. The molecule has 0 saturated carbocycles. The van der Waals surface area contributed by atoms with Gasteiger partial charge < -0.3 is 4.74 Å². The lowest BCUT2D eigenvalue weighted by atomic mass is 10.1. The van der Waals surface area contributed by atoms with Gasteiger partial charge in [0.2, 0.25) is 0 Å². The first-order valence-corrected chi connectivity index (χ1v) is 3.30. The molecule has 12 heavy (non-hydrogen) atoms. The number of rotatable bonds is 5. The lowest BCUT2D eigenvalue weighted by Crippen LogP contribution is -2.19. The lowest BCUT2D eigenvalue weighted by Gasteiger charge is -2.15. The van der Waals surface area contributed by atoms with Crippen LogP contribution in [0.15, 0.2) is 10.2 Å². The van der Waals surface area contributed by atoms with Crippen molar-refractivity contribution in [2.75, 3.05) is 13.7 Å². The Morgan fingerprint density at radius 2 is 1.83 bits per heavy atom. The summed E-state index contributed by atoms with van der Waals surface area (Å²) in [6, 6.07) is 0. The number of nitrogens with zero attached hydrogens (tertiary/aromatic N) is 6. The molecule has 0 fully saturated rings. The maximum atomic E-state index is 8.16. The van der Waals surface area contributed by atoms with Crippen LogP contribution in [-0.4, -0.2) is 19.4 Å². The molecule has 0 aromatic carbocycles. The molecular formula is C5H10N6O. The van der Waals surface area contributed by atoms with E-state index < -0.39 is 5.66 Å². The van der Waals surface area contributed by atoms with E-state index in [0.29, 0.717) is 13.0 Å². The predicted octanol–water partition coefficient (Wildman–Crippen LogP) is 2.36. The fourth-order valence-corrected chi connectivity index (χ4v) is 0.608. The summed E-state index contributed by atoms with van der Waals surface area (Å²) in [4.78, 5) is 5.17. The molecule has 66 valence electrons. The second-order valence-electron chi connectivity index (χ2n) is 2.34. The molecule has 0 aromatic heterocycles. The van der Waals surface area contributed by atoms with Gasteiger partial charge in [-0.15, -0.1) is 0 Å². The lowest BCUT2D eigenvalue weighted by molar-refractivity contribution is 0.173. The van der Waals surface area contributed by atoms with Crippen LogP contribution >= 0.6 is 0 Å². The zero-order valence-corrected chi connectivity index (χ0v) is 7.01. The van der Waals surface area contributed by atoms with Crippen LogP contribution in [-0.2, 0) is 4.74 Å². The summed E-state index contributed by atoms with van der Waals surface area (Å²) in [5.41, 5.74) is 15.3. The minimum Gasteiger partial charge on any atom is -0.385 e. The second-order valence-corrected chi connectivity index (χ2v) is 2.34. The summed E-state index contributed by atoms with van der Waals surface area (Å²) < 4.78 is 4.76. The number of methoxy groups -OCH3 is 1. The molecule has 0 atom stereocenters. The summed E-state index contributed by atoms with van der Waals surface area (Å²) in [5, 5.41) is 6.73. The number of hydrogen-bond donors (Lipinski definition) is 0. The van der Waals surface area contributed by atoms with Crippen molar-refractivity contribution in [3.63, 3.8) is 0 Å². The Hall–Kier alpha value is -1.42. The molecular weight excluding hydrogens is 160 g/mol. The molecule has 0 aromatic rings. The third-order valence-corrected chi connectivity index (χ3v) is 1.30. The van der Waals surface area contributed by atoms with E-state index >= 15 is 0 Å². The summed E-state index contributed by atoms with van der Waals surface area (Å²) in [7, 11) is 1.52. The minimum atomic E-state index is -1.06. The average molecular weight is 170 g/mol. The number of ether oxygens (including phenoxy) is 1. The Morgan fingerprint density at radius 1 is 1.33 bits per heavy atom. The fraction of sp³-hybridized carbons (Fsp3) is 1.00. The van der Waals surface area contributed by atoms with Crippen LogP contribution in [0.4, 0.5) is 0 Å². The van der Waals surface area contributed by atoms with Gasteiger partial charge in [-0.2, -0.15) is 0 Å². The van der Waals surface area contributed by atoms with Gasteiger partial charge >= 0.3 is 0 Å². The first-order chi connectivity index (χ1) is 5.68. The van der Waals surface area contributed by atoms with Gasteiger partial charge in [0.1, 0.15) is 5.66 Å². The highest BCUT2D eigenvalue weighted by Gasteiger charge is 2.19. The van der Waals surface area contributed by atoms with Gasteiger partial charge in [0.15, 0.2) is 0 Å². The Balaban J connectivity index is 4.38. The van der Waals surface area contributed by atoms with Gasteiger partial charge in [0.25, 0.3) is 0 Å². The van der Waals surface area contributed by atoms with E-state index in [4.69, 9.17) is 15.8 Å². The van der Waals surface area contributed by atoms with Crippen molar-refractivity contribution >= 4 is 0 Å². The highest BCUT2D eigenvalue weighted by molar-refractivity contribution is 4.80. The van der Waals surface area contributed by atoms with Crippen LogP contribution in [0.1, 0.15) is 13.3 Å². The van der Waals surface area contributed by atoms with Crippen LogP contribution in [0.5, 0.6) is 0 Å². The molecule has 7 nitrogen and oxygen atoms in total. The highest BCUT2D eigenvalue weighted by atomic mass is 16.5. The van der Waals surface area contributed by atoms with Crippen LogP contribution in [0.2, 0.25) is 0 Å². The molecule has 0 bridgehead atoms. The average Bonchev–Trinajstić information content (AvgIpc) is 2.02. The third-order valence-electron chi connectivity index (χ3n) is 1.30. The smallest absolute Gasteiger partial charge is 0.126 e. The van der Waals surface area contributed by atoms with Gasteiger partial charge in [-0.05, 0) is 24.4 Å². The van der Waals surface area contributed by atoms with E-state index in [1.807, 2.05) is 0 Å². The first kappa shape index (κ1) is 10.6. The highest BCUT2D eigenvalue weighted by Crippen LogP contribution is 2.17. The van der Waals surface area contributed by atoms with Crippen LogP contribution in [0, 0.1) is 0 Å². The molecule has 0 heterocycles.